The molecule has 0 aliphatic heterocycles. The van der Waals surface area contributed by atoms with Crippen LogP contribution in [0.2, 0.25) is 0 Å². The minimum absolute atomic E-state index is 0.322. The Bertz CT molecular complexity index is 252. The first-order valence-corrected chi connectivity index (χ1v) is 5.53. The topological polar surface area (TPSA) is 48.9 Å². The molecule has 14 heavy (non-hydrogen) atoms. The van der Waals surface area contributed by atoms with Crippen LogP contribution in [0, 0.1) is 5.92 Å². The molecular weight excluding hydrogens is 176 g/mol. The standard InChI is InChI=1S/C11H18N2O/c14-11(10-7-12-13-8-10)6-9-4-2-1-3-5-9/h7-9,11,14H,1-6H2,(H,12,13). The van der Waals surface area contributed by atoms with E-state index in [1.807, 2.05) is 0 Å². The fourth-order valence-electron chi connectivity index (χ4n) is 2.32. The molecule has 1 aliphatic carbocycles. The van der Waals surface area contributed by atoms with Gasteiger partial charge in [-0.25, -0.2) is 0 Å². The highest BCUT2D eigenvalue weighted by atomic mass is 16.3. The van der Waals surface area contributed by atoms with Gasteiger partial charge in [-0.1, -0.05) is 32.1 Å². The zero-order valence-corrected chi connectivity index (χ0v) is 8.45. The van der Waals surface area contributed by atoms with Crippen molar-refractivity contribution in [2.24, 2.45) is 5.92 Å². The van der Waals surface area contributed by atoms with Gasteiger partial charge in [-0.2, -0.15) is 5.10 Å². The third-order valence-electron chi connectivity index (χ3n) is 3.19. The number of rotatable bonds is 3. The minimum Gasteiger partial charge on any atom is -0.388 e. The van der Waals surface area contributed by atoms with Gasteiger partial charge in [0.15, 0.2) is 0 Å². The largest absolute Gasteiger partial charge is 0.388 e. The fourth-order valence-corrected chi connectivity index (χ4v) is 2.32. The monoisotopic (exact) mass is 194 g/mol. The Morgan fingerprint density at radius 2 is 2.21 bits per heavy atom. The van der Waals surface area contributed by atoms with Crippen molar-refractivity contribution >= 4 is 0 Å². The lowest BCUT2D eigenvalue weighted by Crippen LogP contribution is -2.10. The fraction of sp³-hybridized carbons (Fsp3) is 0.727. The Morgan fingerprint density at radius 3 is 2.86 bits per heavy atom. The van der Waals surface area contributed by atoms with Gasteiger partial charge in [0.1, 0.15) is 0 Å². The smallest absolute Gasteiger partial charge is 0.0823 e. The number of aliphatic hydroxyl groups excluding tert-OH is 1. The number of aromatic nitrogens is 2. The van der Waals surface area contributed by atoms with Gasteiger partial charge in [-0.05, 0) is 12.3 Å². The lowest BCUT2D eigenvalue weighted by atomic mass is 9.84. The van der Waals surface area contributed by atoms with Crippen LogP contribution in [0.15, 0.2) is 12.4 Å². The van der Waals surface area contributed by atoms with E-state index in [1.54, 1.807) is 12.4 Å². The van der Waals surface area contributed by atoms with Gasteiger partial charge >= 0.3 is 0 Å². The van der Waals surface area contributed by atoms with Crippen LogP contribution in [0.25, 0.3) is 0 Å². The molecule has 78 valence electrons. The molecule has 0 bridgehead atoms. The average Bonchev–Trinajstić information content (AvgIpc) is 2.72. The van der Waals surface area contributed by atoms with Crippen molar-refractivity contribution in [3.05, 3.63) is 18.0 Å². The highest BCUT2D eigenvalue weighted by Crippen LogP contribution is 2.31. The maximum Gasteiger partial charge on any atom is 0.0823 e. The van der Waals surface area contributed by atoms with Crippen molar-refractivity contribution in [3.8, 4) is 0 Å². The molecule has 1 fully saturated rings. The van der Waals surface area contributed by atoms with E-state index >= 15 is 0 Å². The van der Waals surface area contributed by atoms with Crippen molar-refractivity contribution in [1.82, 2.24) is 10.2 Å². The summed E-state index contributed by atoms with van der Waals surface area (Å²) in [5.41, 5.74) is 0.926. The first-order valence-electron chi connectivity index (χ1n) is 5.53. The first kappa shape index (κ1) is 9.71. The predicted molar refractivity (Wildman–Crippen MR) is 54.7 cm³/mol. The maximum absolute atomic E-state index is 9.90. The average molecular weight is 194 g/mol. The number of nitrogens with zero attached hydrogens (tertiary/aromatic N) is 1. The number of nitrogens with one attached hydrogen (secondary N) is 1. The lowest BCUT2D eigenvalue weighted by Gasteiger charge is -2.23. The van der Waals surface area contributed by atoms with Crippen LogP contribution < -0.4 is 0 Å². The molecule has 2 N–H and O–H groups in total. The van der Waals surface area contributed by atoms with Gasteiger partial charge in [0.2, 0.25) is 0 Å². The van der Waals surface area contributed by atoms with Crippen LogP contribution in [-0.4, -0.2) is 15.3 Å². The maximum atomic E-state index is 9.90. The second kappa shape index (κ2) is 4.60. The first-order chi connectivity index (χ1) is 6.86. The summed E-state index contributed by atoms with van der Waals surface area (Å²) in [6.45, 7) is 0. The van der Waals surface area contributed by atoms with Crippen LogP contribution in [0.5, 0.6) is 0 Å². The molecule has 1 aromatic heterocycles. The van der Waals surface area contributed by atoms with Gasteiger partial charge in [-0.3, -0.25) is 5.10 Å². The van der Waals surface area contributed by atoms with Crippen molar-refractivity contribution in [1.29, 1.82) is 0 Å². The zero-order valence-electron chi connectivity index (χ0n) is 8.45. The molecular formula is C11H18N2O. The van der Waals surface area contributed by atoms with E-state index in [0.29, 0.717) is 5.92 Å². The summed E-state index contributed by atoms with van der Waals surface area (Å²) >= 11 is 0. The molecule has 1 aliphatic rings. The molecule has 1 saturated carbocycles. The summed E-state index contributed by atoms with van der Waals surface area (Å²) in [5, 5.41) is 16.5. The van der Waals surface area contributed by atoms with E-state index in [2.05, 4.69) is 10.2 Å². The summed E-state index contributed by atoms with van der Waals surface area (Å²) in [7, 11) is 0. The van der Waals surface area contributed by atoms with Crippen molar-refractivity contribution < 1.29 is 5.11 Å². The minimum atomic E-state index is -0.322. The molecule has 0 spiro atoms. The molecule has 0 aromatic carbocycles. The Balaban J connectivity index is 1.84. The van der Waals surface area contributed by atoms with Crippen LogP contribution in [0.1, 0.15) is 50.2 Å². The number of aromatic amines is 1. The molecule has 0 amide bonds. The number of hydrogen-bond donors (Lipinski definition) is 2. The van der Waals surface area contributed by atoms with Crippen molar-refractivity contribution in [3.63, 3.8) is 0 Å². The molecule has 0 radical (unpaired) electrons. The number of H-pyrrole nitrogens is 1. The highest BCUT2D eigenvalue weighted by molar-refractivity contribution is 5.06. The van der Waals surface area contributed by atoms with Gasteiger partial charge < -0.3 is 5.11 Å². The van der Waals surface area contributed by atoms with Gasteiger partial charge in [0, 0.05) is 11.8 Å². The predicted octanol–water partition coefficient (Wildman–Crippen LogP) is 2.41. The van der Waals surface area contributed by atoms with Crippen LogP contribution in [0.4, 0.5) is 0 Å². The molecule has 1 unspecified atom stereocenters. The molecule has 1 heterocycles. The Kier molecular flexibility index (Phi) is 3.19. The molecule has 1 aromatic rings. The lowest BCUT2D eigenvalue weighted by molar-refractivity contribution is 0.131. The highest BCUT2D eigenvalue weighted by Gasteiger charge is 2.18. The number of aliphatic hydroxyl groups is 1. The second-order valence-corrected chi connectivity index (χ2v) is 4.29. The van der Waals surface area contributed by atoms with E-state index < -0.39 is 0 Å². The quantitative estimate of drug-likeness (QED) is 0.776. The van der Waals surface area contributed by atoms with Crippen LogP contribution in [-0.2, 0) is 0 Å². The van der Waals surface area contributed by atoms with Crippen molar-refractivity contribution in [2.75, 3.05) is 0 Å². The van der Waals surface area contributed by atoms with Gasteiger partial charge in [0.25, 0.3) is 0 Å². The zero-order chi connectivity index (χ0) is 9.80. The Labute approximate surface area is 84.5 Å². The van der Waals surface area contributed by atoms with Gasteiger partial charge in [-0.15, -0.1) is 0 Å². The Morgan fingerprint density at radius 1 is 1.43 bits per heavy atom. The summed E-state index contributed by atoms with van der Waals surface area (Å²) in [6, 6.07) is 0. The molecule has 0 saturated heterocycles. The molecule has 3 heteroatoms. The molecule has 2 rings (SSSR count). The molecule has 3 nitrogen and oxygen atoms in total. The summed E-state index contributed by atoms with van der Waals surface area (Å²) in [6.07, 6.45) is 10.7. The van der Waals surface area contributed by atoms with E-state index in [0.717, 1.165) is 12.0 Å². The van der Waals surface area contributed by atoms with E-state index in [1.165, 1.54) is 32.1 Å². The van der Waals surface area contributed by atoms with Crippen molar-refractivity contribution in [2.45, 2.75) is 44.6 Å². The van der Waals surface area contributed by atoms with Crippen LogP contribution >= 0.6 is 0 Å². The SMILES string of the molecule is OC(CC1CCCCC1)c1cn[nH]c1. The normalized spacial score (nSPS) is 20.9. The van der Waals surface area contributed by atoms with E-state index in [4.69, 9.17) is 0 Å². The van der Waals surface area contributed by atoms with Crippen LogP contribution in [0.3, 0.4) is 0 Å². The third kappa shape index (κ3) is 2.35. The number of hydrogen-bond acceptors (Lipinski definition) is 2. The second-order valence-electron chi connectivity index (χ2n) is 4.29. The molecule has 1 atom stereocenters. The van der Waals surface area contributed by atoms with E-state index in [9.17, 15) is 5.11 Å². The summed E-state index contributed by atoms with van der Waals surface area (Å²) in [5.74, 6) is 0.716. The summed E-state index contributed by atoms with van der Waals surface area (Å²) in [4.78, 5) is 0. The Hall–Kier alpha value is -0.830. The summed E-state index contributed by atoms with van der Waals surface area (Å²) < 4.78 is 0. The van der Waals surface area contributed by atoms with Gasteiger partial charge in [0.05, 0.1) is 12.3 Å². The van der Waals surface area contributed by atoms with E-state index in [-0.39, 0.29) is 6.10 Å². The third-order valence-corrected chi connectivity index (χ3v) is 3.19.